The Bertz CT molecular complexity index is 1720. The molecule has 0 aliphatic rings. The van der Waals surface area contributed by atoms with Crippen molar-refractivity contribution >= 4 is 52.0 Å². The van der Waals surface area contributed by atoms with Crippen molar-refractivity contribution in [2.45, 2.75) is 13.7 Å². The van der Waals surface area contributed by atoms with E-state index in [0.717, 1.165) is 10.9 Å². The number of hydrogen-bond acceptors (Lipinski definition) is 10. The number of nitro benzene ring substituents is 1. The van der Waals surface area contributed by atoms with E-state index in [9.17, 15) is 19.9 Å². The van der Waals surface area contributed by atoms with Gasteiger partial charge in [-0.05, 0) is 31.1 Å². The number of anilines is 2. The summed E-state index contributed by atoms with van der Waals surface area (Å²) in [5.41, 5.74) is 2.22. The lowest BCUT2D eigenvalue weighted by molar-refractivity contribution is -0.384. The predicted octanol–water partition coefficient (Wildman–Crippen LogP) is 4.19. The summed E-state index contributed by atoms with van der Waals surface area (Å²) >= 11 is 0. The number of methoxy groups -OCH3 is 1. The fourth-order valence-corrected chi connectivity index (χ4v) is 4.08. The number of ether oxygens (including phenoxy) is 2. The second kappa shape index (κ2) is 9.79. The molecule has 12 nitrogen and oxygen atoms in total. The summed E-state index contributed by atoms with van der Waals surface area (Å²) < 4.78 is 12.2. The summed E-state index contributed by atoms with van der Waals surface area (Å²) in [5, 5.41) is 30.1. The number of rotatable bonds is 7. The number of benzene rings is 3. The van der Waals surface area contributed by atoms with Crippen LogP contribution in [0.3, 0.4) is 0 Å². The lowest BCUT2D eigenvalue weighted by atomic mass is 9.89. The number of hydrogen-bond donors (Lipinski definition) is 2. The third-order valence-electron chi connectivity index (χ3n) is 5.76. The maximum absolute atomic E-state index is 11.7. The SMILES string of the molecule is COc1cc2nc(-c3cccc([N+](=O)[O-])c3)nc(Nc3ccc4c(cnn4B(C)O)c3)c2cc1OC(C)=O. The molecule has 0 atom stereocenters. The average Bonchev–Trinajstić information content (AvgIpc) is 3.32. The van der Waals surface area contributed by atoms with Crippen LogP contribution in [0.2, 0.25) is 6.82 Å². The zero-order valence-corrected chi connectivity index (χ0v) is 20.6. The van der Waals surface area contributed by atoms with E-state index in [1.165, 1.54) is 30.8 Å². The number of aromatic nitrogens is 4. The van der Waals surface area contributed by atoms with Crippen LogP contribution in [0.25, 0.3) is 33.2 Å². The summed E-state index contributed by atoms with van der Waals surface area (Å²) in [6, 6.07) is 14.7. The standard InChI is InChI=1S/C25H21BN6O6/c1-14(33)38-23-11-19-20(12-22(23)37-3)29-24(15-5-4-6-18(10-15)32(35)36)30-25(19)28-17-7-8-21-16(9-17)13-27-31(21)26(2)34/h4-13,34H,1-3H3,(H,28,29,30). The van der Waals surface area contributed by atoms with Crippen molar-refractivity contribution in [2.75, 3.05) is 12.4 Å². The van der Waals surface area contributed by atoms with Crippen LogP contribution in [-0.4, -0.2) is 49.7 Å². The molecule has 0 saturated carbocycles. The largest absolute Gasteiger partial charge is 0.493 e. The van der Waals surface area contributed by atoms with Gasteiger partial charge in [0, 0.05) is 47.1 Å². The molecule has 0 bridgehead atoms. The van der Waals surface area contributed by atoms with Gasteiger partial charge in [-0.1, -0.05) is 12.1 Å². The van der Waals surface area contributed by atoms with Crippen LogP contribution in [0.1, 0.15) is 6.92 Å². The molecule has 0 spiro atoms. The van der Waals surface area contributed by atoms with E-state index in [1.807, 2.05) is 12.1 Å². The Morgan fingerprint density at radius 1 is 1.13 bits per heavy atom. The van der Waals surface area contributed by atoms with Crippen LogP contribution in [0.4, 0.5) is 17.2 Å². The second-order valence-corrected chi connectivity index (χ2v) is 8.44. The lowest BCUT2D eigenvalue weighted by Gasteiger charge is -2.14. The first-order valence-electron chi connectivity index (χ1n) is 11.5. The first-order chi connectivity index (χ1) is 18.2. The summed E-state index contributed by atoms with van der Waals surface area (Å²) in [6.07, 6.45) is 1.64. The van der Waals surface area contributed by atoms with Gasteiger partial charge in [0.2, 0.25) is 0 Å². The summed E-state index contributed by atoms with van der Waals surface area (Å²) in [4.78, 5) is 31.8. The fraction of sp³-hybridized carbons (Fsp3) is 0.120. The molecule has 5 rings (SSSR count). The van der Waals surface area contributed by atoms with E-state index in [-0.39, 0.29) is 23.0 Å². The minimum absolute atomic E-state index is 0.0935. The third-order valence-corrected chi connectivity index (χ3v) is 5.76. The van der Waals surface area contributed by atoms with Crippen molar-refractivity contribution < 1.29 is 24.2 Å². The van der Waals surface area contributed by atoms with Crippen molar-refractivity contribution in [3.8, 4) is 22.9 Å². The molecule has 2 aromatic heterocycles. The molecule has 2 heterocycles. The molecule has 3 aromatic carbocycles. The summed E-state index contributed by atoms with van der Waals surface area (Å²) in [7, 11) is 0.655. The zero-order valence-electron chi connectivity index (χ0n) is 20.6. The molecule has 2 N–H and O–H groups in total. The van der Waals surface area contributed by atoms with E-state index in [1.54, 1.807) is 43.4 Å². The molecule has 0 amide bonds. The Morgan fingerprint density at radius 2 is 1.95 bits per heavy atom. The van der Waals surface area contributed by atoms with Crippen LogP contribution in [0.5, 0.6) is 11.5 Å². The number of carbonyl (C=O) groups is 1. The highest BCUT2D eigenvalue weighted by atomic mass is 16.6. The summed E-state index contributed by atoms with van der Waals surface area (Å²) in [5.74, 6) is 0.570. The van der Waals surface area contributed by atoms with E-state index >= 15 is 0 Å². The average molecular weight is 512 g/mol. The smallest absolute Gasteiger partial charge is 0.431 e. The van der Waals surface area contributed by atoms with E-state index in [0.29, 0.717) is 28.0 Å². The number of nitro groups is 1. The van der Waals surface area contributed by atoms with Crippen molar-refractivity contribution in [1.82, 2.24) is 19.7 Å². The molecule has 0 aliphatic heterocycles. The lowest BCUT2D eigenvalue weighted by Crippen LogP contribution is -2.20. The van der Waals surface area contributed by atoms with Crippen LogP contribution in [0, 0.1) is 10.1 Å². The molecular formula is C25H21BN6O6. The number of nitrogens with zero attached hydrogens (tertiary/aromatic N) is 5. The Balaban J connectivity index is 1.68. The Hall–Kier alpha value is -5.04. The molecule has 0 radical (unpaired) electrons. The normalized spacial score (nSPS) is 10.9. The molecule has 13 heteroatoms. The van der Waals surface area contributed by atoms with Crippen LogP contribution in [0.15, 0.2) is 60.8 Å². The number of carbonyl (C=O) groups excluding carboxylic acids is 1. The highest BCUT2D eigenvalue weighted by Crippen LogP contribution is 2.37. The van der Waals surface area contributed by atoms with Gasteiger partial charge in [0.1, 0.15) is 5.82 Å². The van der Waals surface area contributed by atoms with E-state index in [4.69, 9.17) is 9.47 Å². The Kier molecular flexibility index (Phi) is 6.35. The van der Waals surface area contributed by atoms with Crippen LogP contribution < -0.4 is 14.8 Å². The Morgan fingerprint density at radius 3 is 2.66 bits per heavy atom. The van der Waals surface area contributed by atoms with Gasteiger partial charge < -0.3 is 19.8 Å². The predicted molar refractivity (Wildman–Crippen MR) is 142 cm³/mol. The molecule has 0 saturated heterocycles. The minimum atomic E-state index is -0.788. The Labute approximate surface area is 216 Å². The summed E-state index contributed by atoms with van der Waals surface area (Å²) in [6.45, 7) is 2.91. The van der Waals surface area contributed by atoms with Crippen LogP contribution in [-0.2, 0) is 4.79 Å². The second-order valence-electron chi connectivity index (χ2n) is 8.44. The first kappa shape index (κ1) is 24.7. The monoisotopic (exact) mass is 512 g/mol. The molecule has 0 aliphatic carbocycles. The van der Waals surface area contributed by atoms with Gasteiger partial charge in [-0.25, -0.2) is 9.97 Å². The van der Waals surface area contributed by atoms with Gasteiger partial charge in [0.25, 0.3) is 5.69 Å². The fourth-order valence-electron chi connectivity index (χ4n) is 4.08. The third kappa shape index (κ3) is 4.69. The van der Waals surface area contributed by atoms with Crippen molar-refractivity contribution in [3.63, 3.8) is 0 Å². The molecular weight excluding hydrogens is 491 g/mol. The van der Waals surface area contributed by atoms with Gasteiger partial charge in [0.05, 0.1) is 29.3 Å². The number of esters is 1. The van der Waals surface area contributed by atoms with Gasteiger partial charge in [-0.15, -0.1) is 0 Å². The molecule has 0 fully saturated rings. The minimum Gasteiger partial charge on any atom is -0.493 e. The van der Waals surface area contributed by atoms with Crippen molar-refractivity contribution in [3.05, 3.63) is 70.9 Å². The quantitative estimate of drug-likeness (QED) is 0.107. The highest BCUT2D eigenvalue weighted by Gasteiger charge is 2.18. The molecule has 0 unspecified atom stereocenters. The molecule has 190 valence electrons. The zero-order chi connectivity index (χ0) is 27.0. The first-order valence-corrected chi connectivity index (χ1v) is 11.5. The number of non-ortho nitro benzene ring substituents is 1. The maximum atomic E-state index is 11.7. The molecule has 38 heavy (non-hydrogen) atoms. The van der Waals surface area contributed by atoms with Crippen molar-refractivity contribution in [2.24, 2.45) is 0 Å². The number of nitrogens with one attached hydrogen (secondary N) is 1. The van der Waals surface area contributed by atoms with Crippen molar-refractivity contribution in [1.29, 1.82) is 0 Å². The van der Waals surface area contributed by atoms with Gasteiger partial charge >= 0.3 is 13.0 Å². The highest BCUT2D eigenvalue weighted by molar-refractivity contribution is 6.47. The van der Waals surface area contributed by atoms with Gasteiger partial charge in [0.15, 0.2) is 17.3 Å². The number of fused-ring (bicyclic) bond motifs is 2. The van der Waals surface area contributed by atoms with Crippen LogP contribution >= 0.6 is 0 Å². The van der Waals surface area contributed by atoms with Gasteiger partial charge in [-0.3, -0.25) is 19.5 Å². The van der Waals surface area contributed by atoms with E-state index in [2.05, 4.69) is 20.4 Å². The maximum Gasteiger partial charge on any atom is 0.431 e. The van der Waals surface area contributed by atoms with Gasteiger partial charge in [-0.2, -0.15) is 5.10 Å². The topological polar surface area (TPSA) is 155 Å². The van der Waals surface area contributed by atoms with E-state index < -0.39 is 17.9 Å². The molecule has 5 aromatic rings.